The topological polar surface area (TPSA) is 57.0 Å². The van der Waals surface area contributed by atoms with Crippen molar-refractivity contribution in [3.05, 3.63) is 29.2 Å². The average molecular weight is 227 g/mol. The lowest BCUT2D eigenvalue weighted by Crippen LogP contribution is -2.99. The first-order chi connectivity index (χ1) is 6.79. The Hall–Kier alpha value is -1.38. The second-order valence-corrected chi connectivity index (χ2v) is 2.49. The highest BCUT2D eigenvalue weighted by Gasteiger charge is 2.33. The Morgan fingerprint density at radius 3 is 2.40 bits per heavy atom. The van der Waals surface area contributed by atoms with E-state index < -0.39 is 28.8 Å². The summed E-state index contributed by atoms with van der Waals surface area (Å²) in [5.74, 6) is -1.90. The van der Waals surface area contributed by atoms with Gasteiger partial charge in [-0.3, -0.25) is 0 Å². The van der Waals surface area contributed by atoms with E-state index in [0.29, 0.717) is 18.2 Å². The number of alkyl halides is 3. The largest absolute Gasteiger partial charge is 0.595 e. The van der Waals surface area contributed by atoms with Crippen molar-refractivity contribution in [1.82, 2.24) is 0 Å². The zero-order valence-corrected chi connectivity index (χ0v) is 7.01. The molecule has 0 aliphatic carbocycles. The molecule has 0 aliphatic rings. The number of ether oxygens (including phenoxy) is 1. The minimum absolute atomic E-state index is 0.448. The lowest BCUT2D eigenvalue weighted by molar-refractivity contribution is -0.991. The van der Waals surface area contributed by atoms with Gasteiger partial charge in [-0.1, -0.05) is 0 Å². The van der Waals surface area contributed by atoms with E-state index in [9.17, 15) is 22.8 Å². The lowest BCUT2D eigenvalue weighted by Gasteiger charge is -2.16. The van der Waals surface area contributed by atoms with E-state index in [1.165, 1.54) is 0 Å². The van der Waals surface area contributed by atoms with Gasteiger partial charge in [0, 0.05) is 6.07 Å². The number of hydrogen-bond donors (Lipinski definition) is 2. The normalized spacial score (nSPS) is 13.7. The highest BCUT2D eigenvalue weighted by atomic mass is 19.4. The molecule has 0 amide bonds. The Bertz CT molecular complexity index is 353. The number of quaternary nitrogens is 1. The molecule has 0 heterocycles. The average Bonchev–Trinajstić information content (AvgIpc) is 2.05. The van der Waals surface area contributed by atoms with Crippen molar-refractivity contribution in [3.63, 3.8) is 0 Å². The SMILES string of the molecule is [O-][NH+](O)c1cc(F)ccc1OC(F)(F)F. The number of benzene rings is 1. The predicted octanol–water partition coefficient (Wildman–Crippen LogP) is 1.13. The van der Waals surface area contributed by atoms with Crippen LogP contribution >= 0.6 is 0 Å². The Balaban J connectivity index is 3.06. The Morgan fingerprint density at radius 2 is 1.93 bits per heavy atom. The van der Waals surface area contributed by atoms with Crippen molar-refractivity contribution < 1.29 is 32.7 Å². The van der Waals surface area contributed by atoms with Gasteiger partial charge in [0.1, 0.15) is 5.82 Å². The molecular weight excluding hydrogens is 222 g/mol. The molecule has 0 spiro atoms. The standard InChI is InChI=1S/C7H5F4NO3/c8-4-1-2-6(15-7(9,10)11)5(3-4)12(13)14/h1-3,12-13H. The van der Waals surface area contributed by atoms with E-state index in [1.54, 1.807) is 0 Å². The summed E-state index contributed by atoms with van der Waals surface area (Å²) in [7, 11) is 0. The molecule has 4 nitrogen and oxygen atoms in total. The van der Waals surface area contributed by atoms with E-state index in [4.69, 9.17) is 5.21 Å². The first kappa shape index (κ1) is 11.7. The molecule has 1 atom stereocenters. The number of nitrogens with one attached hydrogen (secondary N) is 1. The number of rotatable bonds is 2. The third-order valence-corrected chi connectivity index (χ3v) is 1.40. The van der Waals surface area contributed by atoms with E-state index >= 15 is 0 Å². The molecule has 2 N–H and O–H groups in total. The van der Waals surface area contributed by atoms with Crippen LogP contribution in [0, 0.1) is 11.0 Å². The second kappa shape index (κ2) is 4.01. The second-order valence-electron chi connectivity index (χ2n) is 2.49. The van der Waals surface area contributed by atoms with Crippen molar-refractivity contribution in [2.24, 2.45) is 0 Å². The zero-order valence-electron chi connectivity index (χ0n) is 7.01. The van der Waals surface area contributed by atoms with Crippen molar-refractivity contribution in [1.29, 1.82) is 0 Å². The van der Waals surface area contributed by atoms with Crippen LogP contribution in [0.25, 0.3) is 0 Å². The summed E-state index contributed by atoms with van der Waals surface area (Å²) in [5, 5.41) is 17.2. The molecule has 0 fully saturated rings. The van der Waals surface area contributed by atoms with Gasteiger partial charge in [-0.2, -0.15) is 5.23 Å². The van der Waals surface area contributed by atoms with Gasteiger partial charge in [0.2, 0.25) is 5.69 Å². The summed E-state index contributed by atoms with van der Waals surface area (Å²) >= 11 is 0. The van der Waals surface area contributed by atoms with Gasteiger partial charge in [0.15, 0.2) is 5.75 Å². The van der Waals surface area contributed by atoms with E-state index in [1.807, 2.05) is 0 Å². The number of hydrogen-bond acceptors (Lipinski definition) is 3. The van der Waals surface area contributed by atoms with Crippen LogP contribution in [-0.2, 0) is 0 Å². The first-order valence-electron chi connectivity index (χ1n) is 3.58. The highest BCUT2D eigenvalue weighted by Crippen LogP contribution is 2.28. The van der Waals surface area contributed by atoms with Gasteiger partial charge in [-0.25, -0.2) is 9.60 Å². The van der Waals surface area contributed by atoms with Crippen LogP contribution in [0.4, 0.5) is 23.2 Å². The molecule has 84 valence electrons. The van der Waals surface area contributed by atoms with E-state index in [-0.39, 0.29) is 0 Å². The van der Waals surface area contributed by atoms with Crippen molar-refractivity contribution in [2.75, 3.05) is 0 Å². The quantitative estimate of drug-likeness (QED) is 0.588. The molecule has 15 heavy (non-hydrogen) atoms. The van der Waals surface area contributed by atoms with E-state index in [0.717, 1.165) is 0 Å². The maximum absolute atomic E-state index is 12.5. The fourth-order valence-electron chi connectivity index (χ4n) is 0.883. The van der Waals surface area contributed by atoms with Crippen LogP contribution < -0.4 is 9.96 Å². The molecule has 0 radical (unpaired) electrons. The van der Waals surface area contributed by atoms with Gasteiger partial charge in [0.25, 0.3) is 0 Å². The fourth-order valence-corrected chi connectivity index (χ4v) is 0.883. The molecule has 1 aromatic rings. The predicted molar refractivity (Wildman–Crippen MR) is 38.9 cm³/mol. The van der Waals surface area contributed by atoms with Crippen LogP contribution in [0.15, 0.2) is 18.2 Å². The Labute approximate surface area is 80.8 Å². The summed E-state index contributed by atoms with van der Waals surface area (Å²) in [6, 6.07) is 1.73. The summed E-state index contributed by atoms with van der Waals surface area (Å²) < 4.78 is 51.3. The minimum atomic E-state index is -5.01. The molecule has 0 bridgehead atoms. The van der Waals surface area contributed by atoms with Gasteiger partial charge in [-0.15, -0.1) is 13.2 Å². The molecule has 1 aromatic carbocycles. The molecule has 0 aliphatic heterocycles. The first-order valence-corrected chi connectivity index (χ1v) is 3.58. The Morgan fingerprint density at radius 1 is 1.33 bits per heavy atom. The Kier molecular flexibility index (Phi) is 3.12. The highest BCUT2D eigenvalue weighted by molar-refractivity contribution is 5.45. The van der Waals surface area contributed by atoms with Crippen LogP contribution in [0.3, 0.4) is 0 Å². The van der Waals surface area contributed by atoms with Gasteiger partial charge in [-0.05, 0) is 12.1 Å². The van der Waals surface area contributed by atoms with Crippen LogP contribution in [-0.4, -0.2) is 11.6 Å². The molecule has 0 saturated heterocycles. The molecule has 0 saturated carbocycles. The summed E-state index contributed by atoms with van der Waals surface area (Å²) in [6.45, 7) is 0. The van der Waals surface area contributed by atoms with Crippen LogP contribution in [0.2, 0.25) is 0 Å². The van der Waals surface area contributed by atoms with Gasteiger partial charge < -0.3 is 9.94 Å². The third-order valence-electron chi connectivity index (χ3n) is 1.40. The molecule has 0 aromatic heterocycles. The molecular formula is C7H5F4NO3. The van der Waals surface area contributed by atoms with Crippen LogP contribution in [0.5, 0.6) is 5.75 Å². The third kappa shape index (κ3) is 3.35. The maximum atomic E-state index is 12.5. The zero-order chi connectivity index (χ0) is 11.6. The monoisotopic (exact) mass is 227 g/mol. The molecule has 8 heteroatoms. The van der Waals surface area contributed by atoms with Crippen molar-refractivity contribution in [3.8, 4) is 5.75 Å². The minimum Gasteiger partial charge on any atom is -0.595 e. The summed E-state index contributed by atoms with van der Waals surface area (Å²) in [6.07, 6.45) is -5.01. The summed E-state index contributed by atoms with van der Waals surface area (Å²) in [4.78, 5) is 0. The smallest absolute Gasteiger partial charge is 0.573 e. The van der Waals surface area contributed by atoms with Crippen molar-refractivity contribution in [2.45, 2.75) is 6.36 Å². The van der Waals surface area contributed by atoms with Crippen molar-refractivity contribution >= 4 is 5.69 Å². The molecule has 1 rings (SSSR count). The molecule has 1 unspecified atom stereocenters. The van der Waals surface area contributed by atoms with Gasteiger partial charge in [0.05, 0.1) is 0 Å². The lowest BCUT2D eigenvalue weighted by atomic mass is 10.3. The van der Waals surface area contributed by atoms with E-state index in [2.05, 4.69) is 4.74 Å². The summed E-state index contributed by atoms with van der Waals surface area (Å²) in [5.41, 5.74) is -0.882. The van der Waals surface area contributed by atoms with Gasteiger partial charge >= 0.3 is 6.36 Å². The number of halogens is 4. The van der Waals surface area contributed by atoms with Crippen LogP contribution in [0.1, 0.15) is 0 Å². The fraction of sp³-hybridized carbons (Fsp3) is 0.143. The maximum Gasteiger partial charge on any atom is 0.573 e.